The highest BCUT2D eigenvalue weighted by Gasteiger charge is 2.35. The van der Waals surface area contributed by atoms with E-state index in [-0.39, 0.29) is 17.5 Å². The zero-order valence-electron chi connectivity index (χ0n) is 15.5. The van der Waals surface area contributed by atoms with Crippen LogP contribution >= 0.6 is 11.6 Å². The van der Waals surface area contributed by atoms with Gasteiger partial charge in [-0.3, -0.25) is 14.6 Å². The second-order valence-corrected chi connectivity index (χ2v) is 7.19. The summed E-state index contributed by atoms with van der Waals surface area (Å²) in [6.45, 7) is 0.890. The first kappa shape index (κ1) is 19.1. The van der Waals surface area contributed by atoms with Crippen LogP contribution in [0.25, 0.3) is 11.3 Å². The lowest BCUT2D eigenvalue weighted by Crippen LogP contribution is -2.45. The molecule has 1 aliphatic heterocycles. The molecule has 0 radical (unpaired) electrons. The van der Waals surface area contributed by atoms with Gasteiger partial charge in [-0.25, -0.2) is 0 Å². The Balaban J connectivity index is 1.45. The molecule has 1 saturated heterocycles. The van der Waals surface area contributed by atoms with Gasteiger partial charge < -0.3 is 14.7 Å². The van der Waals surface area contributed by atoms with Gasteiger partial charge in [-0.05, 0) is 42.7 Å². The quantitative estimate of drug-likeness (QED) is 0.697. The van der Waals surface area contributed by atoms with Crippen LogP contribution < -0.4 is 5.32 Å². The van der Waals surface area contributed by atoms with E-state index in [0.29, 0.717) is 35.9 Å². The molecule has 2 amide bonds. The molecule has 2 aromatic heterocycles. The summed E-state index contributed by atoms with van der Waals surface area (Å²) < 4.78 is 5.32. The van der Waals surface area contributed by atoms with E-state index in [2.05, 4.69) is 15.5 Å². The van der Waals surface area contributed by atoms with Gasteiger partial charge in [0.1, 0.15) is 6.04 Å². The number of hydrogen-bond donors (Lipinski definition) is 1. The van der Waals surface area contributed by atoms with E-state index in [1.165, 1.54) is 0 Å². The minimum atomic E-state index is -0.523. The second-order valence-electron chi connectivity index (χ2n) is 6.79. The largest absolute Gasteiger partial charge is 0.355 e. The number of hydrogen-bond acceptors (Lipinski definition) is 5. The molecule has 1 unspecified atom stereocenters. The average Bonchev–Trinajstić information content (AvgIpc) is 3.43. The van der Waals surface area contributed by atoms with E-state index < -0.39 is 6.04 Å². The molecular weight excluding hydrogens is 392 g/mol. The van der Waals surface area contributed by atoms with E-state index in [4.69, 9.17) is 16.1 Å². The van der Waals surface area contributed by atoms with Gasteiger partial charge in [-0.2, -0.15) is 0 Å². The standard InChI is InChI=1S/C21H19ClN4O3/c22-16-5-2-1-4-15(16)19-12-17(25-29-19)21(28)26-11-3-6-18(26)20(27)24-13-14-7-9-23-10-8-14/h1-2,4-5,7-10,12,18H,3,6,11,13H2,(H,24,27). The third-order valence-electron chi connectivity index (χ3n) is 4.90. The van der Waals surface area contributed by atoms with Crippen molar-refractivity contribution in [2.24, 2.45) is 0 Å². The van der Waals surface area contributed by atoms with Gasteiger partial charge >= 0.3 is 0 Å². The highest BCUT2D eigenvalue weighted by atomic mass is 35.5. The van der Waals surface area contributed by atoms with Crippen LogP contribution in [0.1, 0.15) is 28.9 Å². The number of nitrogens with zero attached hydrogens (tertiary/aromatic N) is 3. The van der Waals surface area contributed by atoms with Gasteiger partial charge in [0.25, 0.3) is 5.91 Å². The maximum atomic E-state index is 12.9. The van der Waals surface area contributed by atoms with E-state index >= 15 is 0 Å². The SMILES string of the molecule is O=C(NCc1ccncc1)C1CCCN1C(=O)c1cc(-c2ccccc2Cl)on1. The summed E-state index contributed by atoms with van der Waals surface area (Å²) in [7, 11) is 0. The summed E-state index contributed by atoms with van der Waals surface area (Å²) in [5.74, 6) is -0.0899. The van der Waals surface area contributed by atoms with Crippen molar-refractivity contribution in [2.75, 3.05) is 6.54 Å². The number of amides is 2. The smallest absolute Gasteiger partial charge is 0.276 e. The molecule has 0 spiro atoms. The first-order valence-corrected chi connectivity index (χ1v) is 9.70. The lowest BCUT2D eigenvalue weighted by molar-refractivity contribution is -0.125. The molecule has 4 rings (SSSR count). The topological polar surface area (TPSA) is 88.3 Å². The Morgan fingerprint density at radius 1 is 1.21 bits per heavy atom. The maximum absolute atomic E-state index is 12.9. The Labute approximate surface area is 172 Å². The first-order chi connectivity index (χ1) is 14.1. The lowest BCUT2D eigenvalue weighted by atomic mass is 10.1. The molecule has 1 aromatic carbocycles. The van der Waals surface area contributed by atoms with Gasteiger partial charge in [0, 0.05) is 37.1 Å². The third-order valence-corrected chi connectivity index (χ3v) is 5.23. The molecule has 8 heteroatoms. The monoisotopic (exact) mass is 410 g/mol. The van der Waals surface area contributed by atoms with Crippen LogP contribution in [0.4, 0.5) is 0 Å². The van der Waals surface area contributed by atoms with Crippen molar-refractivity contribution in [1.29, 1.82) is 0 Å². The average molecular weight is 411 g/mol. The fourth-order valence-electron chi connectivity index (χ4n) is 3.40. The summed E-state index contributed by atoms with van der Waals surface area (Å²) in [6, 6.07) is 11.9. The molecule has 7 nitrogen and oxygen atoms in total. The maximum Gasteiger partial charge on any atom is 0.276 e. The number of nitrogens with one attached hydrogen (secondary N) is 1. The Bertz CT molecular complexity index is 1020. The van der Waals surface area contributed by atoms with E-state index in [1.807, 2.05) is 24.3 Å². The molecule has 1 atom stereocenters. The van der Waals surface area contributed by atoms with Crippen LogP contribution in [0.5, 0.6) is 0 Å². The predicted molar refractivity (Wildman–Crippen MR) is 107 cm³/mol. The zero-order valence-corrected chi connectivity index (χ0v) is 16.3. The number of carbonyl (C=O) groups excluding carboxylic acids is 2. The number of likely N-dealkylation sites (tertiary alicyclic amines) is 1. The number of pyridine rings is 1. The van der Waals surface area contributed by atoms with E-state index in [9.17, 15) is 9.59 Å². The molecule has 0 saturated carbocycles. The first-order valence-electron chi connectivity index (χ1n) is 9.32. The van der Waals surface area contributed by atoms with Crippen LogP contribution in [0.3, 0.4) is 0 Å². The molecule has 0 aliphatic carbocycles. The Hall–Kier alpha value is -3.19. The van der Waals surface area contributed by atoms with Crippen molar-refractivity contribution in [3.63, 3.8) is 0 Å². The molecule has 3 heterocycles. The highest BCUT2D eigenvalue weighted by Crippen LogP contribution is 2.29. The number of aromatic nitrogens is 2. The predicted octanol–water partition coefficient (Wildman–Crippen LogP) is 3.31. The van der Waals surface area contributed by atoms with Crippen molar-refractivity contribution in [3.05, 3.63) is 71.1 Å². The summed E-state index contributed by atoms with van der Waals surface area (Å²) in [6.07, 6.45) is 4.72. The number of halogens is 1. The molecule has 29 heavy (non-hydrogen) atoms. The molecule has 1 N–H and O–H groups in total. The van der Waals surface area contributed by atoms with Crippen molar-refractivity contribution in [1.82, 2.24) is 20.4 Å². The normalized spacial score (nSPS) is 16.0. The minimum absolute atomic E-state index is 0.161. The summed E-state index contributed by atoms with van der Waals surface area (Å²) in [5.41, 5.74) is 1.77. The van der Waals surface area contributed by atoms with Crippen LogP contribution in [0.15, 0.2) is 59.4 Å². The van der Waals surface area contributed by atoms with E-state index in [1.54, 1.807) is 35.5 Å². The minimum Gasteiger partial charge on any atom is -0.355 e. The van der Waals surface area contributed by atoms with Crippen LogP contribution in [-0.2, 0) is 11.3 Å². The number of rotatable bonds is 5. The molecule has 1 aliphatic rings. The molecular formula is C21H19ClN4O3. The van der Waals surface area contributed by atoms with E-state index in [0.717, 1.165) is 12.0 Å². The molecule has 0 bridgehead atoms. The van der Waals surface area contributed by atoms with Crippen molar-refractivity contribution >= 4 is 23.4 Å². The van der Waals surface area contributed by atoms with Crippen molar-refractivity contribution in [3.8, 4) is 11.3 Å². The third kappa shape index (κ3) is 4.14. The fraction of sp³-hybridized carbons (Fsp3) is 0.238. The van der Waals surface area contributed by atoms with Gasteiger partial charge in [0.15, 0.2) is 11.5 Å². The van der Waals surface area contributed by atoms with Crippen LogP contribution in [0, 0.1) is 0 Å². The molecule has 148 valence electrons. The Morgan fingerprint density at radius 2 is 2.00 bits per heavy atom. The Morgan fingerprint density at radius 3 is 2.79 bits per heavy atom. The fourth-order valence-corrected chi connectivity index (χ4v) is 3.63. The van der Waals surface area contributed by atoms with Gasteiger partial charge in [-0.15, -0.1) is 0 Å². The van der Waals surface area contributed by atoms with Gasteiger partial charge in [0.2, 0.25) is 5.91 Å². The summed E-state index contributed by atoms with van der Waals surface area (Å²) in [4.78, 5) is 31.1. The van der Waals surface area contributed by atoms with Crippen LogP contribution in [-0.4, -0.2) is 39.4 Å². The Kier molecular flexibility index (Phi) is 5.57. The second kappa shape index (κ2) is 8.45. The van der Waals surface area contributed by atoms with Crippen LogP contribution in [0.2, 0.25) is 5.02 Å². The number of benzene rings is 1. The van der Waals surface area contributed by atoms with Crippen molar-refractivity contribution in [2.45, 2.75) is 25.4 Å². The molecule has 1 fully saturated rings. The highest BCUT2D eigenvalue weighted by molar-refractivity contribution is 6.33. The van der Waals surface area contributed by atoms with Gasteiger partial charge in [0.05, 0.1) is 5.02 Å². The summed E-state index contributed by atoms with van der Waals surface area (Å²) in [5, 5.41) is 7.31. The summed E-state index contributed by atoms with van der Waals surface area (Å²) >= 11 is 6.18. The zero-order chi connectivity index (χ0) is 20.2. The van der Waals surface area contributed by atoms with Crippen molar-refractivity contribution < 1.29 is 14.1 Å². The lowest BCUT2D eigenvalue weighted by Gasteiger charge is -2.23. The number of carbonyl (C=O) groups is 2. The van der Waals surface area contributed by atoms with Gasteiger partial charge in [-0.1, -0.05) is 28.9 Å². The molecule has 3 aromatic rings.